The lowest BCUT2D eigenvalue weighted by Gasteiger charge is -2.20. The number of hydrogen-bond acceptors (Lipinski definition) is 5. The fraction of sp³-hybridized carbons (Fsp3) is 0.417. The lowest BCUT2D eigenvalue weighted by atomic mass is 10.1. The number of rotatable bonds is 2. The molecule has 0 amide bonds. The van der Waals surface area contributed by atoms with E-state index in [1.54, 1.807) is 26.8 Å². The minimum atomic E-state index is -0.582. The molecular weight excluding hydrogens is 220 g/mol. The Morgan fingerprint density at radius 1 is 1.24 bits per heavy atom. The average Bonchev–Trinajstić information content (AvgIpc) is 2.18. The summed E-state index contributed by atoms with van der Waals surface area (Å²) in [5.74, 6) is -0.147. The van der Waals surface area contributed by atoms with Crippen molar-refractivity contribution in [3.8, 4) is 5.75 Å². The molecule has 0 saturated carbocycles. The summed E-state index contributed by atoms with van der Waals surface area (Å²) in [6, 6.07) is 3.04. The Bertz CT molecular complexity index is 436. The molecule has 0 fully saturated rings. The van der Waals surface area contributed by atoms with E-state index in [4.69, 9.17) is 20.9 Å². The first-order chi connectivity index (χ1) is 7.74. The first-order valence-corrected chi connectivity index (χ1v) is 5.21. The van der Waals surface area contributed by atoms with Gasteiger partial charge in [-0.3, -0.25) is 0 Å². The highest BCUT2D eigenvalue weighted by atomic mass is 16.6. The third kappa shape index (κ3) is 3.27. The van der Waals surface area contributed by atoms with E-state index < -0.39 is 11.6 Å². The molecule has 0 aliphatic heterocycles. The molecule has 0 spiro atoms. The Balaban J connectivity index is 3.14. The van der Waals surface area contributed by atoms with Crippen LogP contribution in [0.5, 0.6) is 5.75 Å². The second-order valence-corrected chi connectivity index (χ2v) is 4.69. The summed E-state index contributed by atoms with van der Waals surface area (Å²) in [5, 5.41) is 0. The maximum Gasteiger partial charge on any atom is 0.340 e. The molecule has 0 aliphatic rings. The quantitative estimate of drug-likeness (QED) is 0.606. The molecule has 1 aromatic rings. The summed E-state index contributed by atoms with van der Waals surface area (Å²) in [4.78, 5) is 11.9. The van der Waals surface area contributed by atoms with Crippen LogP contribution >= 0.6 is 0 Å². The van der Waals surface area contributed by atoms with Gasteiger partial charge in [-0.15, -0.1) is 0 Å². The van der Waals surface area contributed by atoms with Crippen LogP contribution in [0.25, 0.3) is 0 Å². The number of carbonyl (C=O) groups is 1. The van der Waals surface area contributed by atoms with Gasteiger partial charge in [-0.2, -0.15) is 0 Å². The van der Waals surface area contributed by atoms with Crippen molar-refractivity contribution in [3.05, 3.63) is 17.7 Å². The molecule has 0 aromatic heterocycles. The zero-order valence-corrected chi connectivity index (χ0v) is 10.5. The molecule has 5 heteroatoms. The van der Waals surface area contributed by atoms with Crippen LogP contribution in [0.1, 0.15) is 31.1 Å². The monoisotopic (exact) mass is 238 g/mol. The summed E-state index contributed by atoms with van der Waals surface area (Å²) in [7, 11) is 1.46. The molecule has 0 aliphatic carbocycles. The molecule has 1 rings (SSSR count). The van der Waals surface area contributed by atoms with Crippen LogP contribution in [-0.4, -0.2) is 18.7 Å². The number of anilines is 2. The number of benzene rings is 1. The number of esters is 1. The second-order valence-electron chi connectivity index (χ2n) is 4.69. The zero-order chi connectivity index (χ0) is 13.2. The van der Waals surface area contributed by atoms with Crippen molar-refractivity contribution in [1.82, 2.24) is 0 Å². The molecule has 5 nitrogen and oxygen atoms in total. The third-order valence-corrected chi connectivity index (χ3v) is 2.00. The molecule has 0 unspecified atom stereocenters. The number of ether oxygens (including phenoxy) is 2. The summed E-state index contributed by atoms with van der Waals surface area (Å²) < 4.78 is 10.3. The number of hydrogen-bond donors (Lipinski definition) is 2. The predicted octanol–water partition coefficient (Wildman–Crippen LogP) is 1.81. The van der Waals surface area contributed by atoms with Gasteiger partial charge in [0.2, 0.25) is 0 Å². The third-order valence-electron chi connectivity index (χ3n) is 2.00. The highest BCUT2D eigenvalue weighted by Crippen LogP contribution is 2.29. The van der Waals surface area contributed by atoms with Gasteiger partial charge in [0, 0.05) is 11.8 Å². The molecule has 0 radical (unpaired) electrons. The summed E-state index contributed by atoms with van der Waals surface area (Å²) in [5.41, 5.74) is 11.7. The predicted molar refractivity (Wildman–Crippen MR) is 67.0 cm³/mol. The molecule has 0 bridgehead atoms. The van der Waals surface area contributed by atoms with Gasteiger partial charge in [-0.25, -0.2) is 4.79 Å². The van der Waals surface area contributed by atoms with E-state index in [0.717, 1.165) is 0 Å². The average molecular weight is 238 g/mol. The maximum atomic E-state index is 11.9. The van der Waals surface area contributed by atoms with Gasteiger partial charge in [0.15, 0.2) is 0 Å². The number of carbonyl (C=O) groups excluding carboxylic acids is 1. The van der Waals surface area contributed by atoms with Crippen molar-refractivity contribution < 1.29 is 14.3 Å². The standard InChI is InChI=1S/C12H18N2O3/c1-12(2,3)17-11(15)8-5-7(13)6-9(16-4)10(8)14/h5-6H,13-14H2,1-4H3. The van der Waals surface area contributed by atoms with Crippen molar-refractivity contribution in [2.75, 3.05) is 18.6 Å². The van der Waals surface area contributed by atoms with Gasteiger partial charge >= 0.3 is 5.97 Å². The second kappa shape index (κ2) is 4.53. The highest BCUT2D eigenvalue weighted by molar-refractivity contribution is 5.98. The lowest BCUT2D eigenvalue weighted by Crippen LogP contribution is -2.24. The lowest BCUT2D eigenvalue weighted by molar-refractivity contribution is 0.00706. The first-order valence-electron chi connectivity index (χ1n) is 5.21. The van der Waals surface area contributed by atoms with E-state index >= 15 is 0 Å². The number of nitrogen functional groups attached to an aromatic ring is 2. The topological polar surface area (TPSA) is 87.6 Å². The van der Waals surface area contributed by atoms with Gasteiger partial charge in [0.25, 0.3) is 0 Å². The molecule has 4 N–H and O–H groups in total. The Morgan fingerprint density at radius 3 is 2.29 bits per heavy atom. The molecule has 0 heterocycles. The van der Waals surface area contributed by atoms with E-state index in [2.05, 4.69) is 0 Å². The van der Waals surface area contributed by atoms with Gasteiger partial charge in [-0.1, -0.05) is 0 Å². The molecule has 0 atom stereocenters. The van der Waals surface area contributed by atoms with Crippen LogP contribution in [-0.2, 0) is 4.74 Å². The van der Waals surface area contributed by atoms with Crippen molar-refractivity contribution >= 4 is 17.3 Å². The van der Waals surface area contributed by atoms with Crippen LogP contribution in [0.3, 0.4) is 0 Å². The Labute approximate surface area is 101 Å². The van der Waals surface area contributed by atoms with Crippen molar-refractivity contribution in [2.45, 2.75) is 26.4 Å². The fourth-order valence-corrected chi connectivity index (χ4v) is 1.32. The Kier molecular flexibility index (Phi) is 3.50. The fourth-order valence-electron chi connectivity index (χ4n) is 1.32. The largest absolute Gasteiger partial charge is 0.494 e. The maximum absolute atomic E-state index is 11.9. The Hall–Kier alpha value is -1.91. The number of nitrogens with two attached hydrogens (primary N) is 2. The Morgan fingerprint density at radius 2 is 1.82 bits per heavy atom. The van der Waals surface area contributed by atoms with Gasteiger partial charge in [0.05, 0.1) is 18.4 Å². The van der Waals surface area contributed by atoms with Crippen LogP contribution in [0, 0.1) is 0 Å². The van der Waals surface area contributed by atoms with Crippen LogP contribution in [0.4, 0.5) is 11.4 Å². The van der Waals surface area contributed by atoms with Gasteiger partial charge in [-0.05, 0) is 26.8 Å². The molecule has 0 saturated heterocycles. The molecule has 17 heavy (non-hydrogen) atoms. The van der Waals surface area contributed by atoms with Crippen LogP contribution < -0.4 is 16.2 Å². The van der Waals surface area contributed by atoms with Crippen molar-refractivity contribution in [3.63, 3.8) is 0 Å². The molecule has 1 aromatic carbocycles. The molecular formula is C12H18N2O3. The van der Waals surface area contributed by atoms with E-state index in [0.29, 0.717) is 11.4 Å². The summed E-state index contributed by atoms with van der Waals surface area (Å²) in [6.07, 6.45) is 0. The molecule has 94 valence electrons. The smallest absolute Gasteiger partial charge is 0.340 e. The normalized spacial score (nSPS) is 11.1. The van der Waals surface area contributed by atoms with Crippen molar-refractivity contribution in [2.24, 2.45) is 0 Å². The minimum absolute atomic E-state index is 0.219. The van der Waals surface area contributed by atoms with E-state index in [1.807, 2.05) is 0 Å². The minimum Gasteiger partial charge on any atom is -0.494 e. The van der Waals surface area contributed by atoms with Crippen LogP contribution in [0.15, 0.2) is 12.1 Å². The van der Waals surface area contributed by atoms with E-state index in [9.17, 15) is 4.79 Å². The first kappa shape index (κ1) is 13.2. The summed E-state index contributed by atoms with van der Waals surface area (Å²) >= 11 is 0. The SMILES string of the molecule is COc1cc(N)cc(C(=O)OC(C)(C)C)c1N. The number of methoxy groups -OCH3 is 1. The van der Waals surface area contributed by atoms with Crippen molar-refractivity contribution in [1.29, 1.82) is 0 Å². The summed E-state index contributed by atoms with van der Waals surface area (Å²) in [6.45, 7) is 5.35. The van der Waals surface area contributed by atoms with Gasteiger partial charge < -0.3 is 20.9 Å². The highest BCUT2D eigenvalue weighted by Gasteiger charge is 2.21. The van der Waals surface area contributed by atoms with E-state index in [1.165, 1.54) is 13.2 Å². The zero-order valence-electron chi connectivity index (χ0n) is 10.5. The van der Waals surface area contributed by atoms with Crippen LogP contribution in [0.2, 0.25) is 0 Å². The van der Waals surface area contributed by atoms with E-state index in [-0.39, 0.29) is 11.3 Å². The van der Waals surface area contributed by atoms with Gasteiger partial charge in [0.1, 0.15) is 11.4 Å².